The van der Waals surface area contributed by atoms with Crippen molar-refractivity contribution in [3.05, 3.63) is 18.7 Å². The summed E-state index contributed by atoms with van der Waals surface area (Å²) < 4.78 is 7.37. The summed E-state index contributed by atoms with van der Waals surface area (Å²) in [5, 5.41) is 12.0. The van der Waals surface area contributed by atoms with Crippen LogP contribution in [0.25, 0.3) is 0 Å². The van der Waals surface area contributed by atoms with Gasteiger partial charge in [0.25, 0.3) is 0 Å². The number of nitrogens with one attached hydrogen (secondary N) is 1. The number of imidazole rings is 1. The Balaban J connectivity index is 1.59. The monoisotopic (exact) mass is 239 g/mol. The average molecular weight is 239 g/mol. The van der Waals surface area contributed by atoms with Gasteiger partial charge in [-0.1, -0.05) is 0 Å². The third-order valence-corrected chi connectivity index (χ3v) is 2.86. The molecule has 0 bridgehead atoms. The largest absolute Gasteiger partial charge is 0.479 e. The minimum absolute atomic E-state index is 0.0267. The second-order valence-electron chi connectivity index (χ2n) is 4.17. The van der Waals surface area contributed by atoms with Crippen molar-refractivity contribution >= 4 is 5.97 Å². The zero-order valence-electron chi connectivity index (χ0n) is 9.58. The molecule has 2 N–H and O–H groups in total. The van der Waals surface area contributed by atoms with E-state index in [1.165, 1.54) is 0 Å². The molecule has 1 aliphatic rings. The van der Waals surface area contributed by atoms with E-state index in [1.807, 2.05) is 10.8 Å². The summed E-state index contributed by atoms with van der Waals surface area (Å²) in [7, 11) is 0. The van der Waals surface area contributed by atoms with Gasteiger partial charge in [-0.3, -0.25) is 0 Å². The molecule has 1 aromatic heterocycles. The first-order chi connectivity index (χ1) is 8.25. The SMILES string of the molecule is O=C(O)C1CCC(CNCCn2ccnc2)O1. The van der Waals surface area contributed by atoms with E-state index in [0.29, 0.717) is 13.0 Å². The fourth-order valence-corrected chi connectivity index (χ4v) is 1.93. The number of carbonyl (C=O) groups is 1. The fraction of sp³-hybridized carbons (Fsp3) is 0.636. The molecule has 0 amide bonds. The number of hydrogen-bond acceptors (Lipinski definition) is 4. The molecule has 0 aromatic carbocycles. The predicted octanol–water partition coefficient (Wildman–Crippen LogP) is 0.105. The molecule has 2 unspecified atom stereocenters. The Morgan fingerprint density at radius 2 is 2.47 bits per heavy atom. The van der Waals surface area contributed by atoms with Crippen LogP contribution < -0.4 is 5.32 Å². The molecule has 0 aliphatic carbocycles. The van der Waals surface area contributed by atoms with Crippen molar-refractivity contribution in [1.82, 2.24) is 14.9 Å². The van der Waals surface area contributed by atoms with Gasteiger partial charge in [-0.2, -0.15) is 0 Å². The minimum atomic E-state index is -0.856. The van der Waals surface area contributed by atoms with Gasteiger partial charge in [-0.25, -0.2) is 9.78 Å². The quantitative estimate of drug-likeness (QED) is 0.689. The zero-order chi connectivity index (χ0) is 12.1. The van der Waals surface area contributed by atoms with E-state index in [0.717, 1.165) is 19.5 Å². The standard InChI is InChI=1S/C11H17N3O3/c15-11(16)10-2-1-9(17-10)7-12-3-5-14-6-4-13-8-14/h4,6,8-10,12H,1-3,5,7H2,(H,15,16). The number of hydrogen-bond donors (Lipinski definition) is 2. The highest BCUT2D eigenvalue weighted by molar-refractivity contribution is 5.72. The molecule has 6 heteroatoms. The molecule has 6 nitrogen and oxygen atoms in total. The Bertz CT molecular complexity index is 353. The normalized spacial score (nSPS) is 24.0. The fourth-order valence-electron chi connectivity index (χ4n) is 1.93. The first kappa shape index (κ1) is 12.1. The molecule has 1 aliphatic heterocycles. The number of nitrogens with zero attached hydrogens (tertiary/aromatic N) is 2. The molecular weight excluding hydrogens is 222 g/mol. The van der Waals surface area contributed by atoms with Gasteiger partial charge in [0.15, 0.2) is 6.10 Å². The highest BCUT2D eigenvalue weighted by Crippen LogP contribution is 2.18. The number of rotatable bonds is 6. The van der Waals surface area contributed by atoms with E-state index in [2.05, 4.69) is 10.3 Å². The number of aliphatic carboxylic acids is 1. The first-order valence-electron chi connectivity index (χ1n) is 5.80. The number of aromatic nitrogens is 2. The molecule has 2 atom stereocenters. The summed E-state index contributed by atoms with van der Waals surface area (Å²) in [6.45, 7) is 2.39. The second-order valence-corrected chi connectivity index (χ2v) is 4.17. The summed E-state index contributed by atoms with van der Waals surface area (Å²) in [5.74, 6) is -0.856. The zero-order valence-corrected chi connectivity index (χ0v) is 9.58. The van der Waals surface area contributed by atoms with Crippen LogP contribution in [0.5, 0.6) is 0 Å². The Labute approximate surface area is 99.6 Å². The summed E-state index contributed by atoms with van der Waals surface area (Å²) in [6.07, 6.45) is 6.27. The average Bonchev–Trinajstić information content (AvgIpc) is 2.96. The van der Waals surface area contributed by atoms with Crippen LogP contribution in [-0.2, 0) is 16.1 Å². The Morgan fingerprint density at radius 1 is 1.59 bits per heavy atom. The Morgan fingerprint density at radius 3 is 3.12 bits per heavy atom. The van der Waals surface area contributed by atoms with Gasteiger partial charge in [-0.05, 0) is 12.8 Å². The topological polar surface area (TPSA) is 76.4 Å². The molecule has 1 saturated heterocycles. The first-order valence-corrected chi connectivity index (χ1v) is 5.80. The summed E-state index contributed by atoms with van der Waals surface area (Å²) >= 11 is 0. The molecule has 94 valence electrons. The molecule has 2 heterocycles. The smallest absolute Gasteiger partial charge is 0.332 e. The molecule has 2 rings (SSSR count). The van der Waals surface area contributed by atoms with Gasteiger partial charge in [-0.15, -0.1) is 0 Å². The number of carboxylic acids is 1. The molecule has 0 radical (unpaired) electrons. The van der Waals surface area contributed by atoms with Crippen LogP contribution in [0.1, 0.15) is 12.8 Å². The second kappa shape index (κ2) is 5.79. The van der Waals surface area contributed by atoms with Crippen LogP contribution in [0.4, 0.5) is 0 Å². The van der Waals surface area contributed by atoms with Gasteiger partial charge in [0.1, 0.15) is 0 Å². The van der Waals surface area contributed by atoms with Gasteiger partial charge in [0, 0.05) is 32.0 Å². The third-order valence-electron chi connectivity index (χ3n) is 2.86. The maximum Gasteiger partial charge on any atom is 0.332 e. The number of carboxylic acid groups (broad SMARTS) is 1. The molecule has 0 saturated carbocycles. The van der Waals surface area contributed by atoms with Crippen LogP contribution in [-0.4, -0.2) is 45.9 Å². The highest BCUT2D eigenvalue weighted by Gasteiger charge is 2.29. The van der Waals surface area contributed by atoms with Crippen LogP contribution in [0.15, 0.2) is 18.7 Å². The lowest BCUT2D eigenvalue weighted by molar-refractivity contribution is -0.149. The maximum absolute atomic E-state index is 10.7. The van der Waals surface area contributed by atoms with E-state index in [4.69, 9.17) is 9.84 Å². The van der Waals surface area contributed by atoms with Crippen LogP contribution in [0, 0.1) is 0 Å². The van der Waals surface area contributed by atoms with Gasteiger partial charge in [0.05, 0.1) is 12.4 Å². The van der Waals surface area contributed by atoms with Crippen molar-refractivity contribution < 1.29 is 14.6 Å². The molecule has 0 spiro atoms. The van der Waals surface area contributed by atoms with Crippen LogP contribution in [0.2, 0.25) is 0 Å². The third kappa shape index (κ3) is 3.54. The van der Waals surface area contributed by atoms with Crippen molar-refractivity contribution in [2.45, 2.75) is 31.6 Å². The molecular formula is C11H17N3O3. The van der Waals surface area contributed by atoms with E-state index < -0.39 is 12.1 Å². The summed E-state index contributed by atoms with van der Waals surface area (Å²) in [4.78, 5) is 14.6. The van der Waals surface area contributed by atoms with Crippen LogP contribution in [0.3, 0.4) is 0 Å². The molecule has 1 fully saturated rings. The van der Waals surface area contributed by atoms with Crippen molar-refractivity contribution in [2.75, 3.05) is 13.1 Å². The lowest BCUT2D eigenvalue weighted by Crippen LogP contribution is -2.30. The maximum atomic E-state index is 10.7. The van der Waals surface area contributed by atoms with Crippen molar-refractivity contribution in [1.29, 1.82) is 0 Å². The minimum Gasteiger partial charge on any atom is -0.479 e. The van der Waals surface area contributed by atoms with E-state index in [-0.39, 0.29) is 6.10 Å². The Kier molecular flexibility index (Phi) is 4.11. The molecule has 17 heavy (non-hydrogen) atoms. The summed E-state index contributed by atoms with van der Waals surface area (Å²) in [6, 6.07) is 0. The molecule has 1 aromatic rings. The van der Waals surface area contributed by atoms with Crippen molar-refractivity contribution in [3.63, 3.8) is 0 Å². The highest BCUT2D eigenvalue weighted by atomic mass is 16.5. The summed E-state index contributed by atoms with van der Waals surface area (Å²) in [5.41, 5.74) is 0. The van der Waals surface area contributed by atoms with Gasteiger partial charge in [0.2, 0.25) is 0 Å². The van der Waals surface area contributed by atoms with E-state index in [9.17, 15) is 4.79 Å². The van der Waals surface area contributed by atoms with Crippen molar-refractivity contribution in [2.24, 2.45) is 0 Å². The van der Waals surface area contributed by atoms with Crippen LogP contribution >= 0.6 is 0 Å². The van der Waals surface area contributed by atoms with Gasteiger partial charge < -0.3 is 19.7 Å². The van der Waals surface area contributed by atoms with Gasteiger partial charge >= 0.3 is 5.97 Å². The van der Waals surface area contributed by atoms with E-state index in [1.54, 1.807) is 12.5 Å². The van der Waals surface area contributed by atoms with E-state index >= 15 is 0 Å². The van der Waals surface area contributed by atoms with Crippen molar-refractivity contribution in [3.8, 4) is 0 Å². The number of ether oxygens (including phenoxy) is 1. The lowest BCUT2D eigenvalue weighted by atomic mass is 10.2. The Hall–Kier alpha value is -1.40. The predicted molar refractivity (Wildman–Crippen MR) is 60.6 cm³/mol. The lowest BCUT2D eigenvalue weighted by Gasteiger charge is -2.12.